The Balaban J connectivity index is 1.89. The van der Waals surface area contributed by atoms with Gasteiger partial charge in [0.25, 0.3) is 0 Å². The first-order valence-corrected chi connectivity index (χ1v) is 7.70. The molecule has 118 valence electrons. The predicted octanol–water partition coefficient (Wildman–Crippen LogP) is 3.49. The van der Waals surface area contributed by atoms with Gasteiger partial charge in [0.1, 0.15) is 0 Å². The molecule has 0 unspecified atom stereocenters. The summed E-state index contributed by atoms with van der Waals surface area (Å²) in [6, 6.07) is 18.5. The lowest BCUT2D eigenvalue weighted by molar-refractivity contribution is 0.185. The summed E-state index contributed by atoms with van der Waals surface area (Å²) >= 11 is 0. The summed E-state index contributed by atoms with van der Waals surface area (Å²) in [5.41, 5.74) is 9.93. The van der Waals surface area contributed by atoms with Crippen LogP contribution >= 0.6 is 0 Å². The van der Waals surface area contributed by atoms with Crippen molar-refractivity contribution in [1.82, 2.24) is 4.98 Å². The maximum atomic E-state index is 6.16. The lowest BCUT2D eigenvalue weighted by atomic mass is 10.1. The number of aromatic nitrogens is 1. The fourth-order valence-corrected chi connectivity index (χ4v) is 2.77. The second kappa shape index (κ2) is 7.11. The monoisotopic (exact) mass is 307 g/mol. The third-order valence-corrected chi connectivity index (χ3v) is 3.85. The van der Waals surface area contributed by atoms with Gasteiger partial charge in [-0.2, -0.15) is 0 Å². The first-order valence-electron chi connectivity index (χ1n) is 7.70. The molecule has 0 saturated heterocycles. The minimum atomic E-state index is 0.135. The molecule has 0 aliphatic carbocycles. The molecule has 0 amide bonds. The van der Waals surface area contributed by atoms with E-state index >= 15 is 0 Å². The zero-order chi connectivity index (χ0) is 16.1. The van der Waals surface area contributed by atoms with Gasteiger partial charge in [-0.1, -0.05) is 48.5 Å². The number of hydrogen-bond acceptors (Lipinski definition) is 4. The van der Waals surface area contributed by atoms with E-state index in [-0.39, 0.29) is 6.04 Å². The van der Waals surface area contributed by atoms with Crippen molar-refractivity contribution in [2.75, 3.05) is 24.8 Å². The standard InChI is InChI=1S/C19H21N3O/c1-23-13-15(11-14-7-3-2-4-8-14)22-19-16-9-5-6-10-18(16)21-12-17(19)20/h2-10,12,15H,11,13,20H2,1H3,(H,21,22)/t15-/m1/s1. The zero-order valence-corrected chi connectivity index (χ0v) is 13.2. The summed E-state index contributed by atoms with van der Waals surface area (Å²) in [4.78, 5) is 4.38. The minimum Gasteiger partial charge on any atom is -0.396 e. The highest BCUT2D eigenvalue weighted by molar-refractivity contribution is 5.96. The van der Waals surface area contributed by atoms with Crippen LogP contribution in [0.15, 0.2) is 60.8 Å². The summed E-state index contributed by atoms with van der Waals surface area (Å²) in [7, 11) is 1.72. The van der Waals surface area contributed by atoms with Gasteiger partial charge in [0.05, 0.1) is 35.7 Å². The van der Waals surface area contributed by atoms with Gasteiger partial charge >= 0.3 is 0 Å². The molecule has 1 aromatic heterocycles. The average Bonchev–Trinajstić information content (AvgIpc) is 2.58. The van der Waals surface area contributed by atoms with E-state index in [1.165, 1.54) is 5.56 Å². The van der Waals surface area contributed by atoms with Crippen LogP contribution in [0.25, 0.3) is 10.9 Å². The zero-order valence-electron chi connectivity index (χ0n) is 13.2. The van der Waals surface area contributed by atoms with E-state index in [1.54, 1.807) is 13.3 Å². The van der Waals surface area contributed by atoms with Gasteiger partial charge < -0.3 is 15.8 Å². The Kier molecular flexibility index (Phi) is 4.74. The second-order valence-electron chi connectivity index (χ2n) is 5.59. The molecule has 2 aromatic carbocycles. The number of hydrogen-bond donors (Lipinski definition) is 2. The van der Waals surface area contributed by atoms with E-state index in [0.717, 1.165) is 23.0 Å². The predicted molar refractivity (Wildman–Crippen MR) is 95.6 cm³/mol. The second-order valence-corrected chi connectivity index (χ2v) is 5.59. The summed E-state index contributed by atoms with van der Waals surface area (Å²) in [6.07, 6.45) is 2.57. The molecule has 0 bridgehead atoms. The number of rotatable bonds is 6. The Bertz CT molecular complexity index is 774. The fourth-order valence-electron chi connectivity index (χ4n) is 2.77. The number of pyridine rings is 1. The number of ether oxygens (including phenoxy) is 1. The number of benzene rings is 2. The van der Waals surface area contributed by atoms with E-state index in [4.69, 9.17) is 10.5 Å². The maximum Gasteiger partial charge on any atom is 0.0743 e. The Morgan fingerprint density at radius 1 is 1.09 bits per heavy atom. The van der Waals surface area contributed by atoms with Crippen LogP contribution < -0.4 is 11.1 Å². The normalized spacial score (nSPS) is 12.2. The number of methoxy groups -OCH3 is 1. The molecule has 0 radical (unpaired) electrons. The van der Waals surface area contributed by atoms with Gasteiger partial charge in [-0.15, -0.1) is 0 Å². The first-order chi connectivity index (χ1) is 11.3. The highest BCUT2D eigenvalue weighted by Crippen LogP contribution is 2.28. The quantitative estimate of drug-likeness (QED) is 0.732. The molecule has 3 rings (SSSR count). The summed E-state index contributed by atoms with van der Waals surface area (Å²) in [5, 5.41) is 4.58. The Hall–Kier alpha value is -2.59. The summed E-state index contributed by atoms with van der Waals surface area (Å²) in [6.45, 7) is 0.602. The summed E-state index contributed by atoms with van der Waals surface area (Å²) < 4.78 is 5.38. The van der Waals surface area contributed by atoms with E-state index in [9.17, 15) is 0 Å². The number of nitrogens with two attached hydrogens (primary N) is 1. The van der Waals surface area contributed by atoms with Crippen LogP contribution in [0.5, 0.6) is 0 Å². The molecule has 0 aliphatic heterocycles. The van der Waals surface area contributed by atoms with Crippen LogP contribution in [0.1, 0.15) is 5.56 Å². The van der Waals surface area contributed by atoms with Crippen molar-refractivity contribution in [3.8, 4) is 0 Å². The Morgan fingerprint density at radius 3 is 2.61 bits per heavy atom. The molecular formula is C19H21N3O. The molecule has 23 heavy (non-hydrogen) atoms. The van der Waals surface area contributed by atoms with Crippen molar-refractivity contribution in [3.63, 3.8) is 0 Å². The van der Waals surface area contributed by atoms with E-state index in [2.05, 4.69) is 34.6 Å². The van der Waals surface area contributed by atoms with E-state index < -0.39 is 0 Å². The van der Waals surface area contributed by atoms with Crippen LogP contribution in [0, 0.1) is 0 Å². The maximum absolute atomic E-state index is 6.16. The largest absolute Gasteiger partial charge is 0.396 e. The molecule has 4 heteroatoms. The number of nitrogen functional groups attached to an aromatic ring is 1. The third-order valence-electron chi connectivity index (χ3n) is 3.85. The van der Waals surface area contributed by atoms with Crippen molar-refractivity contribution < 1.29 is 4.74 Å². The lowest BCUT2D eigenvalue weighted by Crippen LogP contribution is -2.28. The Labute approximate surface area is 136 Å². The highest BCUT2D eigenvalue weighted by atomic mass is 16.5. The first kappa shape index (κ1) is 15.3. The molecule has 3 aromatic rings. The third kappa shape index (κ3) is 3.60. The minimum absolute atomic E-state index is 0.135. The van der Waals surface area contributed by atoms with Crippen LogP contribution in [0.3, 0.4) is 0 Å². The van der Waals surface area contributed by atoms with Gasteiger partial charge in [0.15, 0.2) is 0 Å². The highest BCUT2D eigenvalue weighted by Gasteiger charge is 2.13. The van der Waals surface area contributed by atoms with Crippen LogP contribution in [-0.4, -0.2) is 24.7 Å². The van der Waals surface area contributed by atoms with Crippen LogP contribution in [0.2, 0.25) is 0 Å². The molecule has 3 N–H and O–H groups in total. The van der Waals surface area contributed by atoms with Gasteiger partial charge in [0.2, 0.25) is 0 Å². The summed E-state index contributed by atoms with van der Waals surface area (Å²) in [5.74, 6) is 0. The number of nitrogens with one attached hydrogen (secondary N) is 1. The molecule has 0 saturated carbocycles. The number of anilines is 2. The Morgan fingerprint density at radius 2 is 1.83 bits per heavy atom. The number of nitrogens with zero attached hydrogens (tertiary/aromatic N) is 1. The molecule has 0 spiro atoms. The van der Waals surface area contributed by atoms with E-state index in [0.29, 0.717) is 12.3 Å². The lowest BCUT2D eigenvalue weighted by Gasteiger charge is -2.21. The van der Waals surface area contributed by atoms with Crippen molar-refractivity contribution >= 4 is 22.3 Å². The molecular weight excluding hydrogens is 286 g/mol. The SMILES string of the molecule is COC[C@@H](Cc1ccccc1)Nc1c(N)cnc2ccccc12. The van der Waals surface area contributed by atoms with Crippen molar-refractivity contribution in [2.45, 2.75) is 12.5 Å². The number of fused-ring (bicyclic) bond motifs is 1. The van der Waals surface area contributed by atoms with E-state index in [1.807, 2.05) is 30.3 Å². The van der Waals surface area contributed by atoms with Crippen molar-refractivity contribution in [2.24, 2.45) is 0 Å². The van der Waals surface area contributed by atoms with Crippen molar-refractivity contribution in [3.05, 3.63) is 66.4 Å². The van der Waals surface area contributed by atoms with Gasteiger partial charge in [-0.05, 0) is 18.1 Å². The molecule has 1 atom stereocenters. The fraction of sp³-hybridized carbons (Fsp3) is 0.211. The van der Waals surface area contributed by atoms with Gasteiger partial charge in [-0.25, -0.2) is 0 Å². The average molecular weight is 307 g/mol. The van der Waals surface area contributed by atoms with Crippen molar-refractivity contribution in [1.29, 1.82) is 0 Å². The van der Waals surface area contributed by atoms with Gasteiger partial charge in [-0.3, -0.25) is 4.98 Å². The molecule has 0 fully saturated rings. The molecule has 1 heterocycles. The molecule has 4 nitrogen and oxygen atoms in total. The van der Waals surface area contributed by atoms with Crippen LogP contribution in [0.4, 0.5) is 11.4 Å². The topological polar surface area (TPSA) is 60.2 Å². The molecule has 0 aliphatic rings. The van der Waals surface area contributed by atoms with Crippen LogP contribution in [-0.2, 0) is 11.2 Å². The van der Waals surface area contributed by atoms with Gasteiger partial charge in [0, 0.05) is 12.5 Å². The number of para-hydroxylation sites is 1. The smallest absolute Gasteiger partial charge is 0.0743 e.